The van der Waals surface area contributed by atoms with Crippen LogP contribution in [-0.4, -0.2) is 4.98 Å². The fourth-order valence-corrected chi connectivity index (χ4v) is 2.00. The van der Waals surface area contributed by atoms with Crippen LogP contribution in [0.1, 0.15) is 11.1 Å². The number of alkyl halides is 1. The molecule has 88 valence electrons. The molecule has 1 heterocycles. The van der Waals surface area contributed by atoms with E-state index in [1.807, 2.05) is 30.3 Å². The van der Waals surface area contributed by atoms with Gasteiger partial charge in [0.1, 0.15) is 12.4 Å². The van der Waals surface area contributed by atoms with Crippen molar-refractivity contribution in [3.8, 4) is 5.75 Å². The summed E-state index contributed by atoms with van der Waals surface area (Å²) in [6, 6.07) is 9.75. The van der Waals surface area contributed by atoms with Gasteiger partial charge in [0, 0.05) is 28.3 Å². The Morgan fingerprint density at radius 1 is 1.18 bits per heavy atom. The Hall–Kier alpha value is -1.06. The zero-order chi connectivity index (χ0) is 12.1. The zero-order valence-corrected chi connectivity index (χ0v) is 11.4. The highest BCUT2D eigenvalue weighted by atomic mass is 79.9. The third kappa shape index (κ3) is 3.72. The fourth-order valence-electron chi connectivity index (χ4n) is 1.42. The topological polar surface area (TPSA) is 22.1 Å². The molecule has 0 N–H and O–H groups in total. The van der Waals surface area contributed by atoms with Crippen LogP contribution in [0, 0.1) is 0 Å². The van der Waals surface area contributed by atoms with Crippen LogP contribution in [0.25, 0.3) is 0 Å². The highest BCUT2D eigenvalue weighted by Gasteiger charge is 1.98. The summed E-state index contributed by atoms with van der Waals surface area (Å²) in [5.74, 6) is 1.32. The summed E-state index contributed by atoms with van der Waals surface area (Å²) in [6.45, 7) is 0.498. The van der Waals surface area contributed by atoms with Gasteiger partial charge in [0.25, 0.3) is 0 Å². The van der Waals surface area contributed by atoms with Crippen molar-refractivity contribution in [3.63, 3.8) is 0 Å². The summed E-state index contributed by atoms with van der Waals surface area (Å²) in [7, 11) is 0. The second-order valence-corrected chi connectivity index (χ2v) is 4.76. The number of aromatic nitrogens is 1. The van der Waals surface area contributed by atoms with Gasteiger partial charge in [-0.3, -0.25) is 4.98 Å². The van der Waals surface area contributed by atoms with Gasteiger partial charge in [-0.1, -0.05) is 12.1 Å². The molecule has 2 aromatic rings. The molecule has 0 aliphatic rings. The van der Waals surface area contributed by atoms with Crippen LogP contribution in [0.3, 0.4) is 0 Å². The number of pyridine rings is 1. The first-order valence-electron chi connectivity index (χ1n) is 5.15. The van der Waals surface area contributed by atoms with E-state index in [9.17, 15) is 0 Å². The maximum absolute atomic E-state index is 5.77. The highest BCUT2D eigenvalue weighted by molar-refractivity contribution is 9.10. The lowest BCUT2D eigenvalue weighted by Gasteiger charge is -2.07. The summed E-state index contributed by atoms with van der Waals surface area (Å²) < 4.78 is 6.62. The molecule has 0 bridgehead atoms. The second kappa shape index (κ2) is 6.03. The van der Waals surface area contributed by atoms with E-state index in [-0.39, 0.29) is 0 Å². The van der Waals surface area contributed by atoms with E-state index in [0.717, 1.165) is 21.3 Å². The molecule has 17 heavy (non-hydrogen) atoms. The van der Waals surface area contributed by atoms with Gasteiger partial charge in [-0.2, -0.15) is 0 Å². The standard InChI is InChI=1S/C13H11BrClNO/c14-12-4-11(7-16-8-12)9-17-13-3-1-2-10(5-13)6-15/h1-5,7-8H,6,9H2. The van der Waals surface area contributed by atoms with Crippen LogP contribution >= 0.6 is 27.5 Å². The van der Waals surface area contributed by atoms with Crippen molar-refractivity contribution in [2.75, 3.05) is 0 Å². The van der Waals surface area contributed by atoms with Crippen molar-refractivity contribution >= 4 is 27.5 Å². The van der Waals surface area contributed by atoms with Crippen LogP contribution in [0.2, 0.25) is 0 Å². The van der Waals surface area contributed by atoms with Gasteiger partial charge >= 0.3 is 0 Å². The highest BCUT2D eigenvalue weighted by Crippen LogP contribution is 2.17. The number of ether oxygens (including phenoxy) is 1. The lowest BCUT2D eigenvalue weighted by molar-refractivity contribution is 0.305. The Kier molecular flexibility index (Phi) is 4.40. The Balaban J connectivity index is 2.02. The van der Waals surface area contributed by atoms with Crippen molar-refractivity contribution in [2.24, 2.45) is 0 Å². The molecule has 2 rings (SSSR count). The molecule has 0 fully saturated rings. The van der Waals surface area contributed by atoms with Crippen LogP contribution < -0.4 is 4.74 Å². The Morgan fingerprint density at radius 2 is 2.06 bits per heavy atom. The zero-order valence-electron chi connectivity index (χ0n) is 9.07. The summed E-state index contributed by atoms with van der Waals surface area (Å²) in [6.07, 6.45) is 3.54. The number of halogens is 2. The number of rotatable bonds is 4. The first kappa shape index (κ1) is 12.4. The number of hydrogen-bond acceptors (Lipinski definition) is 2. The Labute approximate surface area is 114 Å². The summed E-state index contributed by atoms with van der Waals surface area (Å²) in [5, 5.41) is 0. The smallest absolute Gasteiger partial charge is 0.120 e. The lowest BCUT2D eigenvalue weighted by Crippen LogP contribution is -1.96. The molecule has 0 unspecified atom stereocenters. The van der Waals surface area contributed by atoms with Crippen molar-refractivity contribution < 1.29 is 4.74 Å². The first-order valence-corrected chi connectivity index (χ1v) is 6.48. The van der Waals surface area contributed by atoms with E-state index in [4.69, 9.17) is 16.3 Å². The molecular formula is C13H11BrClNO. The minimum atomic E-state index is 0.496. The van der Waals surface area contributed by atoms with Gasteiger partial charge in [-0.15, -0.1) is 11.6 Å². The van der Waals surface area contributed by atoms with Crippen molar-refractivity contribution in [1.29, 1.82) is 0 Å². The second-order valence-electron chi connectivity index (χ2n) is 3.58. The molecule has 0 aliphatic heterocycles. The van der Waals surface area contributed by atoms with E-state index in [0.29, 0.717) is 12.5 Å². The number of benzene rings is 1. The molecule has 0 saturated heterocycles. The van der Waals surface area contributed by atoms with Crippen LogP contribution in [0.5, 0.6) is 5.75 Å². The van der Waals surface area contributed by atoms with Gasteiger partial charge in [0.05, 0.1) is 0 Å². The van der Waals surface area contributed by atoms with E-state index in [1.54, 1.807) is 12.4 Å². The quantitative estimate of drug-likeness (QED) is 0.791. The number of hydrogen-bond donors (Lipinski definition) is 0. The van der Waals surface area contributed by atoms with Gasteiger partial charge in [0.2, 0.25) is 0 Å². The monoisotopic (exact) mass is 311 g/mol. The maximum atomic E-state index is 5.77. The summed E-state index contributed by atoms with van der Waals surface area (Å²) in [5.41, 5.74) is 2.08. The van der Waals surface area contributed by atoms with Crippen LogP contribution in [-0.2, 0) is 12.5 Å². The fraction of sp³-hybridized carbons (Fsp3) is 0.154. The Bertz CT molecular complexity index is 504. The average molecular weight is 313 g/mol. The van der Waals surface area contributed by atoms with Gasteiger partial charge in [-0.05, 0) is 39.7 Å². The predicted octanol–water partition coefficient (Wildman–Crippen LogP) is 4.16. The Morgan fingerprint density at radius 3 is 2.82 bits per heavy atom. The SMILES string of the molecule is ClCc1cccc(OCc2cncc(Br)c2)c1. The van der Waals surface area contributed by atoms with E-state index in [2.05, 4.69) is 20.9 Å². The van der Waals surface area contributed by atoms with Gasteiger partial charge in [-0.25, -0.2) is 0 Å². The van der Waals surface area contributed by atoms with E-state index in [1.165, 1.54) is 0 Å². The summed E-state index contributed by atoms with van der Waals surface area (Å²) in [4.78, 5) is 4.08. The molecule has 0 saturated carbocycles. The largest absolute Gasteiger partial charge is 0.489 e. The third-order valence-corrected chi connectivity index (χ3v) is 2.96. The molecule has 0 atom stereocenters. The minimum absolute atomic E-state index is 0.496. The van der Waals surface area contributed by atoms with E-state index >= 15 is 0 Å². The van der Waals surface area contributed by atoms with Gasteiger partial charge in [0.15, 0.2) is 0 Å². The molecule has 0 radical (unpaired) electrons. The molecule has 0 amide bonds. The maximum Gasteiger partial charge on any atom is 0.120 e. The third-order valence-electron chi connectivity index (χ3n) is 2.22. The molecule has 1 aromatic heterocycles. The average Bonchev–Trinajstić information content (AvgIpc) is 2.37. The van der Waals surface area contributed by atoms with Crippen molar-refractivity contribution in [1.82, 2.24) is 4.98 Å². The molecular weight excluding hydrogens is 302 g/mol. The van der Waals surface area contributed by atoms with Crippen molar-refractivity contribution in [2.45, 2.75) is 12.5 Å². The minimum Gasteiger partial charge on any atom is -0.489 e. The molecule has 0 aliphatic carbocycles. The predicted molar refractivity (Wildman–Crippen MR) is 72.3 cm³/mol. The van der Waals surface area contributed by atoms with Crippen molar-refractivity contribution in [3.05, 3.63) is 58.3 Å². The van der Waals surface area contributed by atoms with Crippen LogP contribution in [0.15, 0.2) is 47.2 Å². The molecule has 1 aromatic carbocycles. The number of nitrogens with zero attached hydrogens (tertiary/aromatic N) is 1. The molecule has 4 heteroatoms. The normalized spacial score (nSPS) is 10.2. The summed E-state index contributed by atoms with van der Waals surface area (Å²) >= 11 is 9.14. The van der Waals surface area contributed by atoms with Gasteiger partial charge < -0.3 is 4.74 Å². The molecule has 2 nitrogen and oxygen atoms in total. The first-order chi connectivity index (χ1) is 8.28. The van der Waals surface area contributed by atoms with Crippen LogP contribution in [0.4, 0.5) is 0 Å². The lowest BCUT2D eigenvalue weighted by atomic mass is 10.2. The molecule has 0 spiro atoms. The van der Waals surface area contributed by atoms with E-state index < -0.39 is 0 Å².